The van der Waals surface area contributed by atoms with Crippen LogP contribution < -0.4 is 10.5 Å². The molecule has 0 fully saturated rings. The molecular weight excluding hydrogens is 234 g/mol. The van der Waals surface area contributed by atoms with Gasteiger partial charge in [0, 0.05) is 11.6 Å². The Morgan fingerprint density at radius 1 is 1.05 bits per heavy atom. The van der Waals surface area contributed by atoms with Crippen molar-refractivity contribution in [1.29, 1.82) is 0 Å². The highest BCUT2D eigenvalue weighted by atomic mass is 16.5. The zero-order chi connectivity index (χ0) is 13.8. The summed E-state index contributed by atoms with van der Waals surface area (Å²) in [7, 11) is 0. The van der Waals surface area contributed by atoms with Gasteiger partial charge in [0.15, 0.2) is 0 Å². The zero-order valence-electron chi connectivity index (χ0n) is 11.8. The second-order valence-corrected chi connectivity index (χ2v) is 5.11. The third kappa shape index (κ3) is 3.58. The highest BCUT2D eigenvalue weighted by Gasteiger charge is 2.08. The Bertz CT molecular complexity index is 561. The molecule has 2 heteroatoms. The Morgan fingerprint density at radius 2 is 1.79 bits per heavy atom. The molecule has 0 heterocycles. The average molecular weight is 255 g/mol. The van der Waals surface area contributed by atoms with Gasteiger partial charge in [-0.3, -0.25) is 0 Å². The van der Waals surface area contributed by atoms with E-state index in [9.17, 15) is 0 Å². The molecule has 100 valence electrons. The van der Waals surface area contributed by atoms with Crippen LogP contribution in [0.25, 0.3) is 0 Å². The molecule has 2 nitrogen and oxygen atoms in total. The zero-order valence-corrected chi connectivity index (χ0v) is 11.8. The molecule has 2 aromatic rings. The van der Waals surface area contributed by atoms with Crippen molar-refractivity contribution in [1.82, 2.24) is 0 Å². The molecule has 0 aliphatic carbocycles. The van der Waals surface area contributed by atoms with Crippen molar-refractivity contribution in [3.8, 4) is 5.75 Å². The highest BCUT2D eigenvalue weighted by molar-refractivity contribution is 5.39. The van der Waals surface area contributed by atoms with Gasteiger partial charge in [0.05, 0.1) is 0 Å². The van der Waals surface area contributed by atoms with Crippen LogP contribution in [0.3, 0.4) is 0 Å². The van der Waals surface area contributed by atoms with Gasteiger partial charge < -0.3 is 10.5 Å². The van der Waals surface area contributed by atoms with Crippen molar-refractivity contribution in [3.63, 3.8) is 0 Å². The summed E-state index contributed by atoms with van der Waals surface area (Å²) in [5, 5.41) is 0. The maximum atomic E-state index is 6.00. The number of ether oxygens (including phenoxy) is 1. The van der Waals surface area contributed by atoms with E-state index in [2.05, 4.69) is 50.2 Å². The molecule has 0 aliphatic heterocycles. The molecule has 2 aromatic carbocycles. The minimum Gasteiger partial charge on any atom is -0.489 e. The van der Waals surface area contributed by atoms with Crippen LogP contribution in [0, 0.1) is 13.8 Å². The molecule has 1 atom stereocenters. The van der Waals surface area contributed by atoms with E-state index in [0.717, 1.165) is 11.3 Å². The Kier molecular flexibility index (Phi) is 4.23. The molecule has 0 aromatic heterocycles. The number of hydrogen-bond donors (Lipinski definition) is 1. The maximum absolute atomic E-state index is 6.00. The first-order chi connectivity index (χ1) is 9.06. The summed E-state index contributed by atoms with van der Waals surface area (Å²) < 4.78 is 5.91. The molecule has 0 radical (unpaired) electrons. The Morgan fingerprint density at radius 3 is 2.47 bits per heavy atom. The number of benzene rings is 2. The van der Waals surface area contributed by atoms with Crippen molar-refractivity contribution in [3.05, 3.63) is 64.7 Å². The maximum Gasteiger partial charge on any atom is 0.124 e. The van der Waals surface area contributed by atoms with Crippen LogP contribution in [0.4, 0.5) is 0 Å². The highest BCUT2D eigenvalue weighted by Crippen LogP contribution is 2.25. The van der Waals surface area contributed by atoms with E-state index in [1.807, 2.05) is 13.0 Å². The Labute approximate surface area is 115 Å². The minimum absolute atomic E-state index is 0.0209. The van der Waals surface area contributed by atoms with E-state index in [4.69, 9.17) is 10.5 Å². The standard InChI is InChI=1S/C17H21NO/c1-12-5-4-6-15(9-12)11-19-17-8-7-13(2)10-16(17)14(3)18/h4-10,14H,11,18H2,1-3H3/t14-/m1/s1. The average Bonchev–Trinajstić information content (AvgIpc) is 2.37. The second kappa shape index (κ2) is 5.89. The SMILES string of the molecule is Cc1cccc(COc2ccc(C)cc2[C@@H](C)N)c1. The predicted octanol–water partition coefficient (Wildman–Crippen LogP) is 3.90. The van der Waals surface area contributed by atoms with Crippen LogP contribution in [0.1, 0.15) is 35.2 Å². The summed E-state index contributed by atoms with van der Waals surface area (Å²) >= 11 is 0. The molecule has 0 amide bonds. The largest absolute Gasteiger partial charge is 0.489 e. The summed E-state index contributed by atoms with van der Waals surface area (Å²) in [5.74, 6) is 0.877. The minimum atomic E-state index is -0.0209. The van der Waals surface area contributed by atoms with E-state index in [-0.39, 0.29) is 6.04 Å². The summed E-state index contributed by atoms with van der Waals surface area (Å²) in [6.07, 6.45) is 0. The predicted molar refractivity (Wildman–Crippen MR) is 79.3 cm³/mol. The monoisotopic (exact) mass is 255 g/mol. The fourth-order valence-electron chi connectivity index (χ4n) is 2.12. The Hall–Kier alpha value is -1.80. The van der Waals surface area contributed by atoms with Gasteiger partial charge in [0.25, 0.3) is 0 Å². The summed E-state index contributed by atoms with van der Waals surface area (Å²) in [6.45, 7) is 6.71. The van der Waals surface area contributed by atoms with Crippen LogP contribution in [0.15, 0.2) is 42.5 Å². The van der Waals surface area contributed by atoms with E-state index in [0.29, 0.717) is 6.61 Å². The topological polar surface area (TPSA) is 35.2 Å². The van der Waals surface area contributed by atoms with Crippen molar-refractivity contribution in [2.24, 2.45) is 5.73 Å². The first kappa shape index (κ1) is 13.6. The van der Waals surface area contributed by atoms with Gasteiger partial charge in [-0.1, -0.05) is 47.5 Å². The number of aryl methyl sites for hydroxylation is 2. The first-order valence-corrected chi connectivity index (χ1v) is 6.61. The molecule has 0 saturated heterocycles. The molecular formula is C17H21NO. The van der Waals surface area contributed by atoms with E-state index in [1.54, 1.807) is 0 Å². The van der Waals surface area contributed by atoms with E-state index in [1.165, 1.54) is 16.7 Å². The van der Waals surface area contributed by atoms with E-state index < -0.39 is 0 Å². The normalized spacial score (nSPS) is 12.2. The summed E-state index contributed by atoms with van der Waals surface area (Å²) in [5.41, 5.74) is 10.7. The van der Waals surface area contributed by atoms with Crippen LogP contribution in [-0.2, 0) is 6.61 Å². The fraction of sp³-hybridized carbons (Fsp3) is 0.294. The van der Waals surface area contributed by atoms with Gasteiger partial charge in [-0.05, 0) is 32.4 Å². The molecule has 19 heavy (non-hydrogen) atoms. The van der Waals surface area contributed by atoms with Crippen LogP contribution >= 0.6 is 0 Å². The third-order valence-electron chi connectivity index (χ3n) is 3.13. The van der Waals surface area contributed by atoms with Gasteiger partial charge in [-0.2, -0.15) is 0 Å². The van der Waals surface area contributed by atoms with Crippen LogP contribution in [0.2, 0.25) is 0 Å². The molecule has 0 unspecified atom stereocenters. The molecule has 0 bridgehead atoms. The van der Waals surface area contributed by atoms with Gasteiger partial charge in [0.2, 0.25) is 0 Å². The van der Waals surface area contributed by atoms with Gasteiger partial charge in [-0.15, -0.1) is 0 Å². The summed E-state index contributed by atoms with van der Waals surface area (Å²) in [6, 6.07) is 14.5. The van der Waals surface area contributed by atoms with Crippen molar-refractivity contribution in [2.75, 3.05) is 0 Å². The van der Waals surface area contributed by atoms with Gasteiger partial charge >= 0.3 is 0 Å². The lowest BCUT2D eigenvalue weighted by Gasteiger charge is -2.15. The molecule has 0 saturated carbocycles. The van der Waals surface area contributed by atoms with E-state index >= 15 is 0 Å². The number of rotatable bonds is 4. The lowest BCUT2D eigenvalue weighted by Crippen LogP contribution is -2.08. The lowest BCUT2D eigenvalue weighted by molar-refractivity contribution is 0.301. The van der Waals surface area contributed by atoms with Crippen LogP contribution in [0.5, 0.6) is 5.75 Å². The fourth-order valence-corrected chi connectivity index (χ4v) is 2.12. The molecule has 0 spiro atoms. The lowest BCUT2D eigenvalue weighted by atomic mass is 10.1. The van der Waals surface area contributed by atoms with Gasteiger partial charge in [0.1, 0.15) is 12.4 Å². The first-order valence-electron chi connectivity index (χ1n) is 6.61. The molecule has 2 N–H and O–H groups in total. The van der Waals surface area contributed by atoms with Gasteiger partial charge in [-0.25, -0.2) is 0 Å². The summed E-state index contributed by atoms with van der Waals surface area (Å²) in [4.78, 5) is 0. The molecule has 2 rings (SSSR count). The van der Waals surface area contributed by atoms with Crippen LogP contribution in [-0.4, -0.2) is 0 Å². The number of hydrogen-bond acceptors (Lipinski definition) is 2. The quantitative estimate of drug-likeness (QED) is 0.899. The van der Waals surface area contributed by atoms with Crippen molar-refractivity contribution < 1.29 is 4.74 Å². The second-order valence-electron chi connectivity index (χ2n) is 5.11. The van der Waals surface area contributed by atoms with Crippen molar-refractivity contribution >= 4 is 0 Å². The Balaban J connectivity index is 2.15. The molecule has 0 aliphatic rings. The van der Waals surface area contributed by atoms with Crippen molar-refractivity contribution in [2.45, 2.75) is 33.4 Å². The number of nitrogens with two attached hydrogens (primary N) is 1. The third-order valence-corrected chi connectivity index (χ3v) is 3.13. The smallest absolute Gasteiger partial charge is 0.124 e.